The van der Waals surface area contributed by atoms with Crippen LogP contribution in [0.3, 0.4) is 0 Å². The summed E-state index contributed by atoms with van der Waals surface area (Å²) in [5.74, 6) is 0. The molecule has 0 bridgehead atoms. The van der Waals surface area contributed by atoms with Crippen LogP contribution in [0.2, 0.25) is 0 Å². The van der Waals surface area contributed by atoms with Gasteiger partial charge in [0.2, 0.25) is 5.04 Å². The lowest BCUT2D eigenvalue weighted by Crippen LogP contribution is -2.28. The summed E-state index contributed by atoms with van der Waals surface area (Å²) in [6.45, 7) is 2.06. The first-order valence-electron chi connectivity index (χ1n) is 5.93. The van der Waals surface area contributed by atoms with E-state index in [-0.39, 0.29) is 11.5 Å². The van der Waals surface area contributed by atoms with Gasteiger partial charge in [-0.25, -0.2) is 0 Å². The van der Waals surface area contributed by atoms with Gasteiger partial charge < -0.3 is 0 Å². The SMILES string of the molecule is CCCCCCCC1=NN=C(C(F)(F)F)S1=S(=O)=O. The standard InChI is InChI=1S/C10H15F3N2O2S2/c1-2-3-4-5-6-7-8-14-15-9(10(11,12)13)18(8)19(16)17/h2-7H2,1H3. The van der Waals surface area contributed by atoms with E-state index in [4.69, 9.17) is 0 Å². The van der Waals surface area contributed by atoms with Crippen molar-refractivity contribution in [2.75, 3.05) is 0 Å². The van der Waals surface area contributed by atoms with Crippen molar-refractivity contribution < 1.29 is 21.6 Å². The number of nitrogens with zero attached hydrogens (tertiary/aromatic N) is 2. The topological polar surface area (TPSA) is 58.9 Å². The van der Waals surface area contributed by atoms with Crippen LogP contribution in [0.25, 0.3) is 0 Å². The van der Waals surface area contributed by atoms with E-state index in [1.165, 1.54) is 0 Å². The predicted molar refractivity (Wildman–Crippen MR) is 70.6 cm³/mol. The number of alkyl halides is 3. The van der Waals surface area contributed by atoms with Crippen molar-refractivity contribution in [2.24, 2.45) is 10.2 Å². The lowest BCUT2D eigenvalue weighted by atomic mass is 10.1. The van der Waals surface area contributed by atoms with Gasteiger partial charge in [-0.15, -0.1) is 10.2 Å². The van der Waals surface area contributed by atoms with Crippen molar-refractivity contribution in [1.29, 1.82) is 0 Å². The van der Waals surface area contributed by atoms with E-state index in [1.54, 1.807) is 0 Å². The smallest absolute Gasteiger partial charge is 0.177 e. The van der Waals surface area contributed by atoms with Crippen LogP contribution >= 0.6 is 0 Å². The van der Waals surface area contributed by atoms with Crippen molar-refractivity contribution in [2.45, 2.75) is 51.6 Å². The van der Waals surface area contributed by atoms with E-state index in [0.717, 1.165) is 25.7 Å². The third-order valence-corrected chi connectivity index (χ3v) is 6.03. The summed E-state index contributed by atoms with van der Waals surface area (Å²) in [6.07, 6.45) is 0.135. The number of unbranched alkanes of at least 4 members (excludes halogenated alkanes) is 4. The predicted octanol–water partition coefficient (Wildman–Crippen LogP) is 3.05. The van der Waals surface area contributed by atoms with Crippen LogP contribution < -0.4 is 0 Å². The fraction of sp³-hybridized carbons (Fsp3) is 0.800. The molecule has 0 saturated carbocycles. The monoisotopic (exact) mass is 316 g/mol. The Morgan fingerprint density at radius 2 is 1.74 bits per heavy atom. The van der Waals surface area contributed by atoms with E-state index < -0.39 is 29.9 Å². The molecule has 1 unspecified atom stereocenters. The minimum absolute atomic E-state index is 0.0251. The third-order valence-electron chi connectivity index (χ3n) is 2.51. The number of rotatable bonds is 6. The molecule has 1 rings (SSSR count). The van der Waals surface area contributed by atoms with Gasteiger partial charge in [0.1, 0.15) is 5.04 Å². The van der Waals surface area contributed by atoms with Crippen molar-refractivity contribution in [3.8, 4) is 0 Å². The van der Waals surface area contributed by atoms with Crippen LogP contribution in [0, 0.1) is 0 Å². The maximum absolute atomic E-state index is 12.6. The van der Waals surface area contributed by atoms with Crippen molar-refractivity contribution in [3.63, 3.8) is 0 Å². The molecule has 0 aromatic carbocycles. The van der Waals surface area contributed by atoms with Crippen molar-refractivity contribution >= 4 is 28.8 Å². The van der Waals surface area contributed by atoms with Crippen LogP contribution in [-0.4, -0.2) is 24.7 Å². The lowest BCUT2D eigenvalue weighted by molar-refractivity contribution is -0.0555. The van der Waals surface area contributed by atoms with Crippen LogP contribution in [0.1, 0.15) is 45.4 Å². The average Bonchev–Trinajstić information content (AvgIpc) is 2.72. The van der Waals surface area contributed by atoms with Gasteiger partial charge in [-0.1, -0.05) is 32.6 Å². The molecule has 0 N–H and O–H groups in total. The molecule has 0 radical (unpaired) electrons. The first-order chi connectivity index (χ1) is 8.88. The van der Waals surface area contributed by atoms with Gasteiger partial charge in [-0.2, -0.15) is 21.6 Å². The molecular weight excluding hydrogens is 301 g/mol. The molecule has 0 amide bonds. The summed E-state index contributed by atoms with van der Waals surface area (Å²) < 4.78 is 59.6. The minimum atomic E-state index is -4.74. The normalized spacial score (nSPS) is 19.3. The molecule has 1 aliphatic heterocycles. The minimum Gasteiger partial charge on any atom is -0.177 e. The average molecular weight is 316 g/mol. The van der Waals surface area contributed by atoms with Gasteiger partial charge in [0.15, 0.2) is 0 Å². The van der Waals surface area contributed by atoms with Gasteiger partial charge >= 0.3 is 6.18 Å². The number of halogens is 3. The summed E-state index contributed by atoms with van der Waals surface area (Å²) >= 11 is 0. The molecule has 0 aromatic heterocycles. The van der Waals surface area contributed by atoms with Gasteiger partial charge in [-0.05, 0) is 12.8 Å². The van der Waals surface area contributed by atoms with Crippen LogP contribution in [0.5, 0.6) is 0 Å². The molecule has 9 heteroatoms. The Morgan fingerprint density at radius 3 is 2.26 bits per heavy atom. The van der Waals surface area contributed by atoms with Gasteiger partial charge in [0, 0.05) is 9.45 Å². The molecule has 1 atom stereocenters. The fourth-order valence-electron chi connectivity index (χ4n) is 1.61. The Morgan fingerprint density at radius 1 is 1.11 bits per heavy atom. The van der Waals surface area contributed by atoms with E-state index >= 15 is 0 Å². The van der Waals surface area contributed by atoms with E-state index in [1.807, 2.05) is 0 Å². The second kappa shape index (κ2) is 7.18. The molecule has 0 spiro atoms. The van der Waals surface area contributed by atoms with Crippen molar-refractivity contribution in [3.05, 3.63) is 0 Å². The van der Waals surface area contributed by atoms with Gasteiger partial charge in [0.25, 0.3) is 9.26 Å². The van der Waals surface area contributed by atoms with E-state index in [9.17, 15) is 21.6 Å². The maximum Gasteiger partial charge on any atom is 0.442 e. The summed E-state index contributed by atoms with van der Waals surface area (Å²) in [6, 6.07) is 0. The summed E-state index contributed by atoms with van der Waals surface area (Å²) in [5, 5.41) is 5.14. The highest BCUT2D eigenvalue weighted by Crippen LogP contribution is 2.25. The van der Waals surface area contributed by atoms with Gasteiger partial charge in [0.05, 0.1) is 0 Å². The first kappa shape index (κ1) is 16.4. The molecule has 0 saturated heterocycles. The Balaban J connectivity index is 2.67. The molecular formula is C10H15F3N2O2S2. The second-order valence-corrected chi connectivity index (χ2v) is 7.65. The Labute approximate surface area is 112 Å². The highest BCUT2D eigenvalue weighted by Gasteiger charge is 2.43. The Bertz CT molecular complexity index is 513. The highest BCUT2D eigenvalue weighted by molar-refractivity contribution is 8.49. The zero-order chi connectivity index (χ0) is 14.5. The largest absolute Gasteiger partial charge is 0.442 e. The summed E-state index contributed by atoms with van der Waals surface area (Å²) in [7, 11) is -4.90. The van der Waals surface area contributed by atoms with E-state index in [0.29, 0.717) is 6.42 Å². The second-order valence-electron chi connectivity index (χ2n) is 4.03. The third kappa shape index (κ3) is 4.72. The van der Waals surface area contributed by atoms with Crippen LogP contribution in [-0.2, 0) is 18.7 Å². The lowest BCUT2D eigenvalue weighted by Gasteiger charge is -2.06. The molecule has 1 aliphatic rings. The molecule has 0 fully saturated rings. The maximum atomic E-state index is 12.6. The molecule has 19 heavy (non-hydrogen) atoms. The molecule has 0 aromatic rings. The summed E-state index contributed by atoms with van der Waals surface area (Å²) in [4.78, 5) is 0. The zero-order valence-corrected chi connectivity index (χ0v) is 12.0. The molecule has 0 aliphatic carbocycles. The highest BCUT2D eigenvalue weighted by atomic mass is 32.9. The van der Waals surface area contributed by atoms with Crippen LogP contribution in [0.4, 0.5) is 13.2 Å². The number of hydrogen-bond donors (Lipinski definition) is 0. The first-order valence-corrected chi connectivity index (χ1v) is 8.75. The van der Waals surface area contributed by atoms with Crippen LogP contribution in [0.15, 0.2) is 10.2 Å². The van der Waals surface area contributed by atoms with Crippen molar-refractivity contribution in [1.82, 2.24) is 0 Å². The fourth-order valence-corrected chi connectivity index (χ4v) is 4.48. The molecule has 4 nitrogen and oxygen atoms in total. The number of hydrogen-bond acceptors (Lipinski definition) is 4. The van der Waals surface area contributed by atoms with E-state index in [2.05, 4.69) is 17.1 Å². The Kier molecular flexibility index (Phi) is 6.18. The zero-order valence-electron chi connectivity index (χ0n) is 10.4. The van der Waals surface area contributed by atoms with Gasteiger partial charge in [-0.3, -0.25) is 0 Å². The molecule has 1 heterocycles. The summed E-state index contributed by atoms with van der Waals surface area (Å²) in [5.41, 5.74) is 0. The Hall–Kier alpha value is -0.700. The molecule has 110 valence electrons. The quantitative estimate of drug-likeness (QED) is 0.707.